The predicted molar refractivity (Wildman–Crippen MR) is 195 cm³/mol. The Bertz CT molecular complexity index is 629. The maximum Gasteiger partial charge on any atom is 0.305 e. The predicted octanol–water partition coefficient (Wildman–Crippen LogP) is 6.20. The molecular formula is C38H76O12. The molecule has 0 N–H and O–H groups in total. The molecule has 0 fully saturated rings. The number of unbranched alkanes of at least 4 members (excludes halogenated alkanes) is 11. The van der Waals surface area contributed by atoms with Crippen molar-refractivity contribution < 1.29 is 56.9 Å². The monoisotopic (exact) mass is 725 g/mol. The zero-order valence-corrected chi connectivity index (χ0v) is 32.1. The van der Waals surface area contributed by atoms with E-state index < -0.39 is 0 Å². The van der Waals surface area contributed by atoms with E-state index in [0.29, 0.717) is 132 Å². The van der Waals surface area contributed by atoms with Gasteiger partial charge in [-0.3, -0.25) is 4.79 Å². The summed E-state index contributed by atoms with van der Waals surface area (Å²) in [6.07, 6.45) is 16.9. The van der Waals surface area contributed by atoms with Crippen LogP contribution in [-0.4, -0.2) is 145 Å². The van der Waals surface area contributed by atoms with Gasteiger partial charge in [-0.15, -0.1) is 0 Å². The lowest BCUT2D eigenvalue weighted by atomic mass is 10.1. The molecule has 0 atom stereocenters. The van der Waals surface area contributed by atoms with Crippen LogP contribution in [0.2, 0.25) is 0 Å². The van der Waals surface area contributed by atoms with E-state index in [4.69, 9.17) is 52.1 Å². The van der Waals surface area contributed by atoms with Gasteiger partial charge in [0.15, 0.2) is 0 Å². The Hall–Kier alpha value is -0.930. The average Bonchev–Trinajstić information content (AvgIpc) is 3.12. The molecule has 0 amide bonds. The van der Waals surface area contributed by atoms with Gasteiger partial charge in [0.25, 0.3) is 0 Å². The Morgan fingerprint density at radius 2 is 0.520 bits per heavy atom. The van der Waals surface area contributed by atoms with Crippen LogP contribution in [0.4, 0.5) is 0 Å². The summed E-state index contributed by atoms with van der Waals surface area (Å²) in [5.41, 5.74) is 0. The number of ether oxygens (including phenoxy) is 11. The zero-order chi connectivity index (χ0) is 36.1. The van der Waals surface area contributed by atoms with Gasteiger partial charge in [-0.05, 0) is 12.8 Å². The summed E-state index contributed by atoms with van der Waals surface area (Å²) >= 11 is 0. The Balaban J connectivity index is 3.07. The molecule has 0 saturated heterocycles. The third-order valence-corrected chi connectivity index (χ3v) is 7.47. The van der Waals surface area contributed by atoms with Crippen molar-refractivity contribution >= 4 is 5.97 Å². The second kappa shape index (κ2) is 46.1. The SMILES string of the molecule is CCCCCCCCCCCCOCCOCCOCCOCCOCCOCCOCCOCCOCCOCCOC(=O)CCCCC. The molecule has 50 heavy (non-hydrogen) atoms. The average molecular weight is 725 g/mol. The molecule has 0 aliphatic carbocycles. The molecule has 0 aromatic heterocycles. The van der Waals surface area contributed by atoms with Gasteiger partial charge in [-0.2, -0.15) is 0 Å². The number of esters is 1. The molecule has 12 nitrogen and oxygen atoms in total. The highest BCUT2D eigenvalue weighted by atomic mass is 16.6. The molecule has 0 spiro atoms. The lowest BCUT2D eigenvalue weighted by Gasteiger charge is -2.09. The highest BCUT2D eigenvalue weighted by Gasteiger charge is 2.02. The molecular weight excluding hydrogens is 648 g/mol. The molecule has 0 bridgehead atoms. The molecule has 300 valence electrons. The first-order valence-electron chi connectivity index (χ1n) is 19.7. The van der Waals surface area contributed by atoms with Crippen LogP contribution in [-0.2, 0) is 56.9 Å². The number of carbonyl (C=O) groups excluding carboxylic acids is 1. The minimum Gasteiger partial charge on any atom is -0.463 e. The third kappa shape index (κ3) is 45.1. The van der Waals surface area contributed by atoms with E-state index in [1.54, 1.807) is 0 Å². The molecule has 0 unspecified atom stereocenters. The van der Waals surface area contributed by atoms with Gasteiger partial charge >= 0.3 is 5.97 Å². The van der Waals surface area contributed by atoms with Crippen molar-refractivity contribution in [2.45, 2.75) is 104 Å². The zero-order valence-electron chi connectivity index (χ0n) is 32.1. The maximum absolute atomic E-state index is 11.5. The fraction of sp³-hybridized carbons (Fsp3) is 0.974. The smallest absolute Gasteiger partial charge is 0.305 e. The Morgan fingerprint density at radius 1 is 0.280 bits per heavy atom. The van der Waals surface area contributed by atoms with Crippen LogP contribution in [0, 0.1) is 0 Å². The van der Waals surface area contributed by atoms with Crippen molar-refractivity contribution in [1.29, 1.82) is 0 Å². The molecule has 0 aliphatic rings. The highest BCUT2D eigenvalue weighted by molar-refractivity contribution is 5.69. The molecule has 0 heterocycles. The van der Waals surface area contributed by atoms with E-state index in [1.165, 1.54) is 57.8 Å². The van der Waals surface area contributed by atoms with Gasteiger partial charge in [0.05, 0.1) is 126 Å². The second-order valence-electron chi connectivity index (χ2n) is 12.0. The van der Waals surface area contributed by atoms with Crippen molar-refractivity contribution in [3.05, 3.63) is 0 Å². The lowest BCUT2D eigenvalue weighted by molar-refractivity contribution is -0.145. The normalized spacial score (nSPS) is 11.5. The minimum absolute atomic E-state index is 0.156. The molecule has 0 aromatic rings. The largest absolute Gasteiger partial charge is 0.463 e. The van der Waals surface area contributed by atoms with Gasteiger partial charge in [-0.1, -0.05) is 84.5 Å². The van der Waals surface area contributed by atoms with Gasteiger partial charge < -0.3 is 52.1 Å². The van der Waals surface area contributed by atoms with Crippen LogP contribution in [0.1, 0.15) is 104 Å². The molecule has 0 aromatic carbocycles. The van der Waals surface area contributed by atoms with Crippen LogP contribution in [0.25, 0.3) is 0 Å². The number of hydrogen-bond acceptors (Lipinski definition) is 12. The summed E-state index contributed by atoms with van der Waals surface area (Å²) in [4.78, 5) is 11.5. The maximum atomic E-state index is 11.5. The molecule has 0 saturated carbocycles. The number of rotatable bonds is 45. The minimum atomic E-state index is -0.156. The van der Waals surface area contributed by atoms with Gasteiger partial charge in [0, 0.05) is 13.0 Å². The van der Waals surface area contributed by atoms with Crippen LogP contribution in [0.15, 0.2) is 0 Å². The molecule has 12 heteroatoms. The fourth-order valence-corrected chi connectivity index (χ4v) is 4.58. The second-order valence-corrected chi connectivity index (χ2v) is 12.0. The summed E-state index contributed by atoms with van der Waals surface area (Å²) in [5.74, 6) is -0.156. The third-order valence-electron chi connectivity index (χ3n) is 7.47. The molecule has 0 aliphatic heterocycles. The van der Waals surface area contributed by atoms with E-state index in [-0.39, 0.29) is 12.6 Å². The molecule has 0 radical (unpaired) electrons. The highest BCUT2D eigenvalue weighted by Crippen LogP contribution is 2.10. The van der Waals surface area contributed by atoms with Crippen molar-refractivity contribution in [2.75, 3.05) is 139 Å². The first-order valence-corrected chi connectivity index (χ1v) is 19.7. The first kappa shape index (κ1) is 49.1. The Morgan fingerprint density at radius 3 is 0.840 bits per heavy atom. The van der Waals surface area contributed by atoms with Crippen molar-refractivity contribution in [3.63, 3.8) is 0 Å². The summed E-state index contributed by atoms with van der Waals surface area (Å²) < 4.78 is 60.1. The van der Waals surface area contributed by atoms with E-state index in [1.807, 2.05) is 0 Å². The van der Waals surface area contributed by atoms with E-state index in [9.17, 15) is 4.79 Å². The number of hydrogen-bond donors (Lipinski definition) is 0. The van der Waals surface area contributed by atoms with E-state index in [2.05, 4.69) is 13.8 Å². The van der Waals surface area contributed by atoms with Crippen molar-refractivity contribution in [1.82, 2.24) is 0 Å². The van der Waals surface area contributed by atoms with Gasteiger partial charge in [0.1, 0.15) is 6.61 Å². The van der Waals surface area contributed by atoms with Crippen molar-refractivity contribution in [3.8, 4) is 0 Å². The van der Waals surface area contributed by atoms with E-state index >= 15 is 0 Å². The fourth-order valence-electron chi connectivity index (χ4n) is 4.58. The molecule has 0 rings (SSSR count). The van der Waals surface area contributed by atoms with Crippen LogP contribution in [0.3, 0.4) is 0 Å². The topological polar surface area (TPSA) is 119 Å². The van der Waals surface area contributed by atoms with Gasteiger partial charge in [-0.25, -0.2) is 0 Å². The Kier molecular flexibility index (Phi) is 45.2. The first-order chi connectivity index (χ1) is 24.8. The van der Waals surface area contributed by atoms with Crippen molar-refractivity contribution in [2.24, 2.45) is 0 Å². The summed E-state index contributed by atoms with van der Waals surface area (Å²) in [6, 6.07) is 0. The summed E-state index contributed by atoms with van der Waals surface area (Å²) in [5, 5.41) is 0. The summed E-state index contributed by atoms with van der Waals surface area (Å²) in [7, 11) is 0. The summed E-state index contributed by atoms with van der Waals surface area (Å²) in [6.45, 7) is 15.3. The lowest BCUT2D eigenvalue weighted by Crippen LogP contribution is -2.15. The van der Waals surface area contributed by atoms with Crippen LogP contribution < -0.4 is 0 Å². The van der Waals surface area contributed by atoms with Crippen LogP contribution in [0.5, 0.6) is 0 Å². The standard InChI is InChI=1S/C38H76O12/c1-3-5-7-8-9-10-11-12-13-15-17-40-18-19-41-20-21-42-22-23-43-24-25-44-26-27-45-28-29-46-30-31-47-32-33-48-34-35-49-36-37-50-38(39)16-14-6-4-2/h3-37H2,1-2H3. The number of carbonyl (C=O) groups is 1. The van der Waals surface area contributed by atoms with Gasteiger partial charge in [0.2, 0.25) is 0 Å². The van der Waals surface area contributed by atoms with E-state index in [0.717, 1.165) is 32.3 Å². The van der Waals surface area contributed by atoms with Crippen LogP contribution >= 0.6 is 0 Å². The Labute approximate surface area is 305 Å². The quantitative estimate of drug-likeness (QED) is 0.0526.